The highest BCUT2D eigenvalue weighted by molar-refractivity contribution is 5.98. The summed E-state index contributed by atoms with van der Waals surface area (Å²) in [7, 11) is 0. The first-order valence-electron chi connectivity index (χ1n) is 8.20. The van der Waals surface area contributed by atoms with E-state index in [2.05, 4.69) is 5.32 Å². The lowest BCUT2D eigenvalue weighted by Crippen LogP contribution is -2.21. The van der Waals surface area contributed by atoms with E-state index >= 15 is 0 Å². The summed E-state index contributed by atoms with van der Waals surface area (Å²) in [6.45, 7) is 4.84. The second-order valence-electron chi connectivity index (χ2n) is 5.95. The van der Waals surface area contributed by atoms with Crippen LogP contribution in [0.5, 0.6) is 5.75 Å². The van der Waals surface area contributed by atoms with Gasteiger partial charge in [-0.25, -0.2) is 4.79 Å². The second-order valence-corrected chi connectivity index (χ2v) is 5.95. The highest BCUT2D eigenvalue weighted by Gasteiger charge is 2.11. The molecule has 0 radical (unpaired) electrons. The van der Waals surface area contributed by atoms with E-state index in [1.165, 1.54) is 6.92 Å². The van der Waals surface area contributed by atoms with Gasteiger partial charge in [0.2, 0.25) is 0 Å². The molecule has 0 bridgehead atoms. The number of nitrogens with one attached hydrogen (secondary N) is 1. The maximum atomic E-state index is 12.0. The molecule has 136 valence electrons. The molecular formula is C20H21NO5. The minimum atomic E-state index is -0.603. The third kappa shape index (κ3) is 5.73. The molecule has 1 amide bonds. The number of benzene rings is 2. The van der Waals surface area contributed by atoms with Crippen LogP contribution in [0.3, 0.4) is 0 Å². The van der Waals surface area contributed by atoms with Gasteiger partial charge in [0.05, 0.1) is 11.7 Å². The Bertz CT molecular complexity index is 796. The summed E-state index contributed by atoms with van der Waals surface area (Å²) in [6.07, 6.45) is 0.0398. The van der Waals surface area contributed by atoms with Crippen LogP contribution in [-0.4, -0.2) is 30.4 Å². The topological polar surface area (TPSA) is 81.7 Å². The minimum Gasteiger partial charge on any atom is -0.491 e. The normalized spacial score (nSPS) is 10.3. The SMILES string of the molecule is CC(=O)c1cccc(NC(=O)COC(=O)c2ccc(OC(C)C)cc2)c1. The van der Waals surface area contributed by atoms with E-state index in [1.807, 2.05) is 13.8 Å². The lowest BCUT2D eigenvalue weighted by molar-refractivity contribution is -0.119. The summed E-state index contributed by atoms with van der Waals surface area (Å²) in [5.74, 6) is -0.537. The molecule has 0 unspecified atom stereocenters. The number of hydrogen-bond acceptors (Lipinski definition) is 5. The number of carbonyl (C=O) groups excluding carboxylic acids is 3. The van der Waals surface area contributed by atoms with E-state index in [1.54, 1.807) is 48.5 Å². The molecule has 0 atom stereocenters. The molecule has 0 aromatic heterocycles. The molecule has 2 rings (SSSR count). The van der Waals surface area contributed by atoms with Crippen LogP contribution >= 0.6 is 0 Å². The molecule has 0 heterocycles. The Hall–Kier alpha value is -3.15. The number of ether oxygens (including phenoxy) is 2. The van der Waals surface area contributed by atoms with Gasteiger partial charge in [-0.2, -0.15) is 0 Å². The Morgan fingerprint density at radius 2 is 1.69 bits per heavy atom. The zero-order valence-corrected chi connectivity index (χ0v) is 14.9. The number of amides is 1. The predicted molar refractivity (Wildman–Crippen MR) is 97.6 cm³/mol. The van der Waals surface area contributed by atoms with Gasteiger partial charge in [0.15, 0.2) is 12.4 Å². The maximum absolute atomic E-state index is 12.0. The third-order valence-corrected chi connectivity index (χ3v) is 3.35. The van der Waals surface area contributed by atoms with Crippen molar-refractivity contribution in [3.63, 3.8) is 0 Å². The molecule has 0 saturated heterocycles. The minimum absolute atomic E-state index is 0.0398. The zero-order valence-electron chi connectivity index (χ0n) is 14.9. The Balaban J connectivity index is 1.87. The van der Waals surface area contributed by atoms with Gasteiger partial charge in [-0.05, 0) is 57.2 Å². The van der Waals surface area contributed by atoms with Crippen LogP contribution in [0.2, 0.25) is 0 Å². The average molecular weight is 355 g/mol. The second kappa shape index (κ2) is 8.80. The van der Waals surface area contributed by atoms with Crippen molar-refractivity contribution in [2.24, 2.45) is 0 Å². The van der Waals surface area contributed by atoms with Gasteiger partial charge in [-0.3, -0.25) is 9.59 Å². The van der Waals surface area contributed by atoms with Crippen molar-refractivity contribution in [2.45, 2.75) is 26.9 Å². The van der Waals surface area contributed by atoms with Crippen molar-refractivity contribution in [1.82, 2.24) is 0 Å². The largest absolute Gasteiger partial charge is 0.491 e. The lowest BCUT2D eigenvalue weighted by atomic mass is 10.1. The molecule has 0 saturated carbocycles. The zero-order chi connectivity index (χ0) is 19.1. The predicted octanol–water partition coefficient (Wildman–Crippen LogP) is 3.47. The quantitative estimate of drug-likeness (QED) is 0.607. The smallest absolute Gasteiger partial charge is 0.338 e. The van der Waals surface area contributed by atoms with Crippen molar-refractivity contribution in [2.75, 3.05) is 11.9 Å². The van der Waals surface area contributed by atoms with Crippen LogP contribution in [0.15, 0.2) is 48.5 Å². The van der Waals surface area contributed by atoms with E-state index in [0.717, 1.165) is 0 Å². The molecule has 2 aromatic carbocycles. The number of anilines is 1. The number of esters is 1. The highest BCUT2D eigenvalue weighted by Crippen LogP contribution is 2.15. The van der Waals surface area contributed by atoms with Crippen LogP contribution in [-0.2, 0) is 9.53 Å². The summed E-state index contributed by atoms with van der Waals surface area (Å²) in [5.41, 5.74) is 1.28. The molecule has 1 N–H and O–H groups in total. The van der Waals surface area contributed by atoms with Gasteiger partial charge in [0.25, 0.3) is 5.91 Å². The van der Waals surface area contributed by atoms with Crippen LogP contribution in [0.4, 0.5) is 5.69 Å². The molecule has 0 spiro atoms. The molecule has 0 aliphatic rings. The molecule has 0 aliphatic carbocycles. The Kier molecular flexibility index (Phi) is 6.49. The Morgan fingerprint density at radius 3 is 2.31 bits per heavy atom. The van der Waals surface area contributed by atoms with Gasteiger partial charge in [0, 0.05) is 11.3 Å². The third-order valence-electron chi connectivity index (χ3n) is 3.35. The first kappa shape index (κ1) is 19.2. The summed E-state index contributed by atoms with van der Waals surface area (Å²) < 4.78 is 10.5. The fourth-order valence-corrected chi connectivity index (χ4v) is 2.17. The average Bonchev–Trinajstić information content (AvgIpc) is 2.60. The van der Waals surface area contributed by atoms with Crippen LogP contribution in [0.1, 0.15) is 41.5 Å². The van der Waals surface area contributed by atoms with Crippen molar-refractivity contribution in [3.8, 4) is 5.75 Å². The summed E-state index contributed by atoms with van der Waals surface area (Å²) in [4.78, 5) is 35.2. The van der Waals surface area contributed by atoms with Crippen LogP contribution in [0.25, 0.3) is 0 Å². The molecule has 0 fully saturated rings. The van der Waals surface area contributed by atoms with Crippen molar-refractivity contribution in [1.29, 1.82) is 0 Å². The summed E-state index contributed by atoms with van der Waals surface area (Å²) in [6, 6.07) is 13.0. The number of hydrogen-bond donors (Lipinski definition) is 1. The van der Waals surface area contributed by atoms with Gasteiger partial charge in [-0.15, -0.1) is 0 Å². The molecule has 6 nitrogen and oxygen atoms in total. The van der Waals surface area contributed by atoms with Crippen molar-refractivity contribution in [3.05, 3.63) is 59.7 Å². The monoisotopic (exact) mass is 355 g/mol. The van der Waals surface area contributed by atoms with E-state index in [0.29, 0.717) is 22.6 Å². The van der Waals surface area contributed by atoms with Crippen molar-refractivity contribution >= 4 is 23.3 Å². The van der Waals surface area contributed by atoms with E-state index in [-0.39, 0.29) is 11.9 Å². The standard InChI is InChI=1S/C20H21NO5/c1-13(2)26-18-9-7-15(8-10-18)20(24)25-12-19(23)21-17-6-4-5-16(11-17)14(3)22/h4-11,13H,12H2,1-3H3,(H,21,23). The first-order valence-corrected chi connectivity index (χ1v) is 8.20. The first-order chi connectivity index (χ1) is 12.3. The molecule has 2 aromatic rings. The Morgan fingerprint density at radius 1 is 1.00 bits per heavy atom. The number of Topliss-reactive ketones (excluding diaryl/α,β-unsaturated/α-hetero) is 1. The summed E-state index contributed by atoms with van der Waals surface area (Å²) in [5, 5.41) is 2.59. The number of ketones is 1. The number of rotatable bonds is 7. The fourth-order valence-electron chi connectivity index (χ4n) is 2.17. The molecule has 0 aliphatic heterocycles. The summed E-state index contributed by atoms with van der Waals surface area (Å²) >= 11 is 0. The molecular weight excluding hydrogens is 334 g/mol. The maximum Gasteiger partial charge on any atom is 0.338 e. The van der Waals surface area contributed by atoms with Gasteiger partial charge >= 0.3 is 5.97 Å². The number of carbonyl (C=O) groups is 3. The van der Waals surface area contributed by atoms with Crippen molar-refractivity contribution < 1.29 is 23.9 Å². The lowest BCUT2D eigenvalue weighted by Gasteiger charge is -2.10. The Labute approximate surface area is 152 Å². The fraction of sp³-hybridized carbons (Fsp3) is 0.250. The molecule has 26 heavy (non-hydrogen) atoms. The molecule has 6 heteroatoms. The van der Waals surface area contributed by atoms with Gasteiger partial charge in [0.1, 0.15) is 5.75 Å². The van der Waals surface area contributed by atoms with E-state index in [4.69, 9.17) is 9.47 Å². The van der Waals surface area contributed by atoms with Crippen LogP contribution in [0, 0.1) is 0 Å². The van der Waals surface area contributed by atoms with Gasteiger partial charge < -0.3 is 14.8 Å². The van der Waals surface area contributed by atoms with Crippen LogP contribution < -0.4 is 10.1 Å². The van der Waals surface area contributed by atoms with Gasteiger partial charge in [-0.1, -0.05) is 12.1 Å². The van der Waals surface area contributed by atoms with E-state index in [9.17, 15) is 14.4 Å². The van der Waals surface area contributed by atoms with E-state index < -0.39 is 18.5 Å². The highest BCUT2D eigenvalue weighted by atomic mass is 16.5.